The smallest absolute Gasteiger partial charge is 1.00 e. The quantitative estimate of drug-likeness (QED) is 0.365. The molecular weight excluding hydrogens is 200 g/mol. The predicted molar refractivity (Wildman–Crippen MR) is 17.1 cm³/mol. The van der Waals surface area contributed by atoms with Gasteiger partial charge in [-0.25, -0.2) is 0 Å². The molecule has 0 fully saturated rings. The number of rotatable bonds is 0. The van der Waals surface area contributed by atoms with Gasteiger partial charge in [0.15, 0.2) is 0 Å². The molecular formula is H5CaCuLiMgZn. The molecule has 0 aliphatic rings. The zero-order chi connectivity index (χ0) is 0. The molecule has 23 valence electrons. The third-order valence-electron chi connectivity index (χ3n) is 0. The zero-order valence-corrected chi connectivity index (χ0v) is 11.0. The van der Waals surface area contributed by atoms with E-state index in [1.54, 1.807) is 0 Å². The second-order valence-corrected chi connectivity index (χ2v) is 0. The summed E-state index contributed by atoms with van der Waals surface area (Å²) < 4.78 is 0. The minimum absolute atomic E-state index is 0. The molecule has 0 heterocycles. The Morgan fingerprint density at radius 3 is 1.20 bits per heavy atom. The molecule has 5 heavy (non-hydrogen) atoms. The van der Waals surface area contributed by atoms with Crippen LogP contribution in [-0.2, 0) is 36.5 Å². The van der Waals surface area contributed by atoms with E-state index in [1.165, 1.54) is 0 Å². The number of hydrogen-bond donors (Lipinski definition) is 0. The normalized spacial score (nSPS) is 0. The van der Waals surface area contributed by atoms with Crippen molar-refractivity contribution in [3.63, 3.8) is 0 Å². The first-order valence-electron chi connectivity index (χ1n) is 0. The fourth-order valence-corrected chi connectivity index (χ4v) is 0. The van der Waals surface area contributed by atoms with Gasteiger partial charge in [-0.05, 0) is 0 Å². The molecule has 0 N–H and O–H groups in total. The summed E-state index contributed by atoms with van der Waals surface area (Å²) in [6, 6.07) is 0. The van der Waals surface area contributed by atoms with Crippen molar-refractivity contribution < 1.29 is 62.5 Å². The largest absolute Gasteiger partial charge is 2.00 e. The van der Waals surface area contributed by atoms with Crippen molar-refractivity contribution in [2.45, 2.75) is 0 Å². The zero-order valence-electron chi connectivity index (χ0n) is 8.42. The van der Waals surface area contributed by atoms with Crippen molar-refractivity contribution >= 4 is 60.8 Å². The summed E-state index contributed by atoms with van der Waals surface area (Å²) >= 11 is 0. The summed E-state index contributed by atoms with van der Waals surface area (Å²) in [4.78, 5) is 0. The summed E-state index contributed by atoms with van der Waals surface area (Å²) in [6.45, 7) is 0. The van der Waals surface area contributed by atoms with Crippen LogP contribution in [0.3, 0.4) is 0 Å². The molecule has 0 rings (SSSR count). The van der Waals surface area contributed by atoms with E-state index in [0.29, 0.717) is 0 Å². The van der Waals surface area contributed by atoms with Crippen LogP contribution in [0.4, 0.5) is 0 Å². The maximum Gasteiger partial charge on any atom is 2.00 e. The summed E-state index contributed by atoms with van der Waals surface area (Å²) in [5, 5.41) is 0. The maximum atomic E-state index is 0. The first kappa shape index (κ1) is 37.3. The minimum atomic E-state index is 0. The van der Waals surface area contributed by atoms with Crippen LogP contribution < -0.4 is 18.9 Å². The van der Waals surface area contributed by atoms with Crippen molar-refractivity contribution in [3.8, 4) is 0 Å². The Hall–Kier alpha value is 3.77. The Labute approximate surface area is 121 Å². The van der Waals surface area contributed by atoms with E-state index >= 15 is 0 Å². The van der Waals surface area contributed by atoms with E-state index in [2.05, 4.69) is 0 Å². The van der Waals surface area contributed by atoms with Gasteiger partial charge in [-0.3, -0.25) is 0 Å². The van der Waals surface area contributed by atoms with Gasteiger partial charge in [0, 0.05) is 36.5 Å². The van der Waals surface area contributed by atoms with Crippen LogP contribution in [0.15, 0.2) is 0 Å². The van der Waals surface area contributed by atoms with Gasteiger partial charge in [-0.2, -0.15) is 0 Å². The minimum Gasteiger partial charge on any atom is -1.00 e. The van der Waals surface area contributed by atoms with Crippen molar-refractivity contribution in [2.24, 2.45) is 0 Å². The Kier molecular flexibility index (Phi) is 187. The van der Waals surface area contributed by atoms with Crippen LogP contribution in [0.25, 0.3) is 0 Å². The second kappa shape index (κ2) is 25.1. The van der Waals surface area contributed by atoms with Crippen molar-refractivity contribution in [1.29, 1.82) is 0 Å². The third-order valence-corrected chi connectivity index (χ3v) is 0. The molecule has 0 amide bonds. The number of hydrogen-bond acceptors (Lipinski definition) is 0. The Morgan fingerprint density at radius 2 is 1.20 bits per heavy atom. The van der Waals surface area contributed by atoms with E-state index < -0.39 is 0 Å². The van der Waals surface area contributed by atoms with Gasteiger partial charge in [-0.1, -0.05) is 0 Å². The predicted octanol–water partition coefficient (Wildman–Crippen LogP) is -3.20. The fourth-order valence-electron chi connectivity index (χ4n) is 0. The topological polar surface area (TPSA) is 0 Å². The molecule has 0 unspecified atom stereocenters. The van der Waals surface area contributed by atoms with Gasteiger partial charge in [0.25, 0.3) is 0 Å². The van der Waals surface area contributed by atoms with Gasteiger partial charge in [-0.15, -0.1) is 0 Å². The van der Waals surface area contributed by atoms with Crippen molar-refractivity contribution in [1.82, 2.24) is 0 Å². The van der Waals surface area contributed by atoms with Crippen LogP contribution in [-0.4, -0.2) is 60.8 Å². The van der Waals surface area contributed by atoms with E-state index in [9.17, 15) is 0 Å². The van der Waals surface area contributed by atoms with Gasteiger partial charge in [0.05, 0.1) is 0 Å². The van der Waals surface area contributed by atoms with Gasteiger partial charge in [0.1, 0.15) is 0 Å². The summed E-state index contributed by atoms with van der Waals surface area (Å²) in [7, 11) is 0. The molecule has 0 saturated heterocycles. The molecule has 0 aliphatic carbocycles. The standard InChI is InChI=1S/Ca.Cu.Li.Mg.Zn.5H/q+2;;+1;+2;;5*-1. The maximum absolute atomic E-state index is 0. The summed E-state index contributed by atoms with van der Waals surface area (Å²) in [6.07, 6.45) is 0. The SMILES string of the molecule is [Ca+2].[Cu].[H-].[H-].[H-].[H-].[H-].[Li+].[Mg+2].[Zn]. The Bertz CT molecular complexity index is 21.6. The van der Waals surface area contributed by atoms with E-state index in [0.717, 1.165) is 0 Å². The van der Waals surface area contributed by atoms with Crippen LogP contribution in [0.1, 0.15) is 7.13 Å². The molecule has 0 aromatic carbocycles. The van der Waals surface area contributed by atoms with Gasteiger partial charge in [0.2, 0.25) is 0 Å². The van der Waals surface area contributed by atoms with Crippen molar-refractivity contribution in [3.05, 3.63) is 0 Å². The summed E-state index contributed by atoms with van der Waals surface area (Å²) in [5.74, 6) is 0. The molecule has 5 heteroatoms. The average molecular weight is 205 g/mol. The van der Waals surface area contributed by atoms with E-state index in [1.807, 2.05) is 0 Å². The van der Waals surface area contributed by atoms with Gasteiger partial charge >= 0.3 is 79.7 Å². The van der Waals surface area contributed by atoms with Crippen molar-refractivity contribution in [2.75, 3.05) is 0 Å². The van der Waals surface area contributed by atoms with Gasteiger partial charge < -0.3 is 7.13 Å². The Morgan fingerprint density at radius 1 is 1.20 bits per heavy atom. The average Bonchev–Trinajstić information content (AvgIpc) is 0. The third kappa shape index (κ3) is 18.2. The van der Waals surface area contributed by atoms with E-state index in [-0.39, 0.29) is 123 Å². The fraction of sp³-hybridized carbons (Fsp3) is 0. The molecule has 0 aromatic heterocycles. The van der Waals surface area contributed by atoms with Crippen LogP contribution in [0.5, 0.6) is 0 Å². The monoisotopic (exact) mass is 203 g/mol. The molecule has 0 atom stereocenters. The van der Waals surface area contributed by atoms with E-state index in [4.69, 9.17) is 0 Å². The molecule has 0 aromatic rings. The molecule has 0 saturated carbocycles. The summed E-state index contributed by atoms with van der Waals surface area (Å²) in [5.41, 5.74) is 0. The molecule has 0 bridgehead atoms. The molecule has 0 nitrogen and oxygen atoms in total. The second-order valence-electron chi connectivity index (χ2n) is 0. The first-order chi connectivity index (χ1) is 0. The van der Waals surface area contributed by atoms with Crippen LogP contribution in [0, 0.1) is 0 Å². The molecule has 0 spiro atoms. The van der Waals surface area contributed by atoms with Crippen LogP contribution in [0.2, 0.25) is 0 Å². The van der Waals surface area contributed by atoms with Crippen LogP contribution >= 0.6 is 0 Å². The molecule has 0 aliphatic heterocycles. The Balaban J connectivity index is 0. The first-order valence-corrected chi connectivity index (χ1v) is 0. The molecule has 1 radical (unpaired) electrons.